The molecule has 0 fully saturated rings. The summed E-state index contributed by atoms with van der Waals surface area (Å²) < 4.78 is 5.36. The van der Waals surface area contributed by atoms with E-state index in [2.05, 4.69) is 10.3 Å². The lowest BCUT2D eigenvalue weighted by Crippen LogP contribution is -2.12. The van der Waals surface area contributed by atoms with Crippen LogP contribution in [0.25, 0.3) is 11.1 Å². The summed E-state index contributed by atoms with van der Waals surface area (Å²) in [6, 6.07) is 4.75. The van der Waals surface area contributed by atoms with E-state index < -0.39 is 5.97 Å². The second kappa shape index (κ2) is 5.38. The molecule has 0 saturated heterocycles. The molecule has 0 radical (unpaired) electrons. The summed E-state index contributed by atoms with van der Waals surface area (Å²) in [6.07, 6.45) is 0.866. The number of nitrogens with two attached hydrogens (primary N) is 1. The van der Waals surface area contributed by atoms with Crippen LogP contribution in [0.5, 0.6) is 0 Å². The Morgan fingerprint density at radius 2 is 2.21 bits per heavy atom. The first kappa shape index (κ1) is 12.9. The number of carboxylic acids is 1. The Kier molecular flexibility index (Phi) is 3.65. The number of primary amides is 1. The van der Waals surface area contributed by atoms with Gasteiger partial charge in [0.1, 0.15) is 5.52 Å². The molecule has 0 atom stereocenters. The SMILES string of the molecule is NC(=O)CCCNc1nc2ccc(C(=O)O)cc2o1. The highest BCUT2D eigenvalue weighted by atomic mass is 16.4. The van der Waals surface area contributed by atoms with Crippen LogP contribution in [-0.4, -0.2) is 28.5 Å². The Balaban J connectivity index is 2.04. The van der Waals surface area contributed by atoms with Crippen LogP contribution >= 0.6 is 0 Å². The van der Waals surface area contributed by atoms with Crippen molar-refractivity contribution in [2.24, 2.45) is 5.73 Å². The number of anilines is 1. The number of benzene rings is 1. The molecule has 4 N–H and O–H groups in total. The number of carboxylic acid groups (broad SMARTS) is 1. The van der Waals surface area contributed by atoms with E-state index in [-0.39, 0.29) is 17.9 Å². The number of hydrogen-bond donors (Lipinski definition) is 3. The third-order valence-corrected chi connectivity index (χ3v) is 2.51. The quantitative estimate of drug-likeness (QED) is 0.674. The van der Waals surface area contributed by atoms with E-state index in [4.69, 9.17) is 15.3 Å². The number of hydrogen-bond acceptors (Lipinski definition) is 5. The Morgan fingerprint density at radius 3 is 2.89 bits per heavy atom. The maximum atomic E-state index is 10.8. The van der Waals surface area contributed by atoms with Gasteiger partial charge in [-0.3, -0.25) is 4.79 Å². The molecule has 7 heteroatoms. The fraction of sp³-hybridized carbons (Fsp3) is 0.250. The number of carbonyl (C=O) groups excluding carboxylic acids is 1. The molecule has 1 amide bonds. The fourth-order valence-corrected chi connectivity index (χ4v) is 1.59. The molecule has 0 bridgehead atoms. The van der Waals surface area contributed by atoms with Gasteiger partial charge >= 0.3 is 5.97 Å². The molecule has 7 nitrogen and oxygen atoms in total. The highest BCUT2D eigenvalue weighted by molar-refractivity contribution is 5.92. The standard InChI is InChI=1S/C12H13N3O4/c13-10(16)2-1-5-14-12-15-8-4-3-7(11(17)18)6-9(8)19-12/h3-4,6H,1-2,5H2,(H2,13,16)(H,14,15)(H,17,18). The molecule has 0 spiro atoms. The first-order chi connectivity index (χ1) is 9.06. The molecule has 2 aromatic rings. The maximum Gasteiger partial charge on any atom is 0.335 e. The number of rotatable bonds is 6. The smallest absolute Gasteiger partial charge is 0.335 e. The monoisotopic (exact) mass is 263 g/mol. The fourth-order valence-electron chi connectivity index (χ4n) is 1.59. The topological polar surface area (TPSA) is 118 Å². The van der Waals surface area contributed by atoms with Crippen molar-refractivity contribution in [1.82, 2.24) is 4.98 Å². The second-order valence-electron chi connectivity index (χ2n) is 4.00. The molecular weight excluding hydrogens is 250 g/mol. The average Bonchev–Trinajstić information content (AvgIpc) is 2.75. The van der Waals surface area contributed by atoms with Crippen LogP contribution in [0.2, 0.25) is 0 Å². The van der Waals surface area contributed by atoms with E-state index in [1.165, 1.54) is 12.1 Å². The summed E-state index contributed by atoms with van der Waals surface area (Å²) in [7, 11) is 0. The summed E-state index contributed by atoms with van der Waals surface area (Å²) in [5, 5.41) is 11.8. The van der Waals surface area contributed by atoms with Crippen LogP contribution in [0.15, 0.2) is 22.6 Å². The molecule has 2 rings (SSSR count). The number of fused-ring (bicyclic) bond motifs is 1. The molecule has 0 aliphatic carbocycles. The molecule has 19 heavy (non-hydrogen) atoms. The minimum Gasteiger partial charge on any atom is -0.478 e. The maximum absolute atomic E-state index is 10.8. The van der Waals surface area contributed by atoms with Gasteiger partial charge in [-0.05, 0) is 24.6 Å². The average molecular weight is 263 g/mol. The van der Waals surface area contributed by atoms with Gasteiger partial charge in [-0.1, -0.05) is 0 Å². The molecule has 0 aliphatic heterocycles. The van der Waals surface area contributed by atoms with Crippen molar-refractivity contribution >= 4 is 29.0 Å². The Hall–Kier alpha value is -2.57. The van der Waals surface area contributed by atoms with Gasteiger partial charge in [0, 0.05) is 13.0 Å². The van der Waals surface area contributed by atoms with Crippen molar-refractivity contribution in [2.75, 3.05) is 11.9 Å². The summed E-state index contributed by atoms with van der Waals surface area (Å²) in [4.78, 5) is 25.5. The summed E-state index contributed by atoms with van der Waals surface area (Å²) in [6.45, 7) is 0.502. The molecule has 1 heterocycles. The lowest BCUT2D eigenvalue weighted by atomic mass is 10.2. The first-order valence-corrected chi connectivity index (χ1v) is 5.72. The van der Waals surface area contributed by atoms with Crippen LogP contribution in [0.4, 0.5) is 6.01 Å². The van der Waals surface area contributed by atoms with Gasteiger partial charge in [0.05, 0.1) is 5.56 Å². The van der Waals surface area contributed by atoms with E-state index in [0.29, 0.717) is 30.1 Å². The van der Waals surface area contributed by atoms with Gasteiger partial charge < -0.3 is 20.6 Å². The van der Waals surface area contributed by atoms with Crippen molar-refractivity contribution in [3.8, 4) is 0 Å². The van der Waals surface area contributed by atoms with Crippen molar-refractivity contribution in [3.05, 3.63) is 23.8 Å². The highest BCUT2D eigenvalue weighted by Crippen LogP contribution is 2.20. The largest absolute Gasteiger partial charge is 0.478 e. The van der Waals surface area contributed by atoms with Crippen LogP contribution in [0, 0.1) is 0 Å². The number of amides is 1. The van der Waals surface area contributed by atoms with Crippen molar-refractivity contribution in [3.63, 3.8) is 0 Å². The number of aromatic nitrogens is 1. The minimum absolute atomic E-state index is 0.143. The van der Waals surface area contributed by atoms with Crippen LogP contribution in [0.3, 0.4) is 0 Å². The molecule has 100 valence electrons. The van der Waals surface area contributed by atoms with Crippen LogP contribution in [0.1, 0.15) is 23.2 Å². The predicted molar refractivity (Wildman–Crippen MR) is 67.9 cm³/mol. The number of aromatic carboxylic acids is 1. The third-order valence-electron chi connectivity index (χ3n) is 2.51. The van der Waals surface area contributed by atoms with Gasteiger partial charge in [0.25, 0.3) is 6.01 Å². The van der Waals surface area contributed by atoms with E-state index in [1.807, 2.05) is 0 Å². The van der Waals surface area contributed by atoms with Crippen LogP contribution in [-0.2, 0) is 4.79 Å². The Labute approximate surface area is 108 Å². The zero-order valence-corrected chi connectivity index (χ0v) is 10.0. The van der Waals surface area contributed by atoms with Crippen molar-refractivity contribution in [2.45, 2.75) is 12.8 Å². The van der Waals surface area contributed by atoms with E-state index in [9.17, 15) is 9.59 Å². The first-order valence-electron chi connectivity index (χ1n) is 5.72. The Morgan fingerprint density at radius 1 is 1.42 bits per heavy atom. The highest BCUT2D eigenvalue weighted by Gasteiger charge is 2.09. The zero-order valence-electron chi connectivity index (χ0n) is 10.0. The predicted octanol–water partition coefficient (Wildman–Crippen LogP) is 1.20. The van der Waals surface area contributed by atoms with Gasteiger partial charge in [-0.15, -0.1) is 0 Å². The number of oxazole rings is 1. The molecule has 1 aromatic heterocycles. The minimum atomic E-state index is -1.02. The summed E-state index contributed by atoms with van der Waals surface area (Å²) in [5.41, 5.74) is 6.13. The van der Waals surface area contributed by atoms with E-state index >= 15 is 0 Å². The van der Waals surface area contributed by atoms with Crippen molar-refractivity contribution < 1.29 is 19.1 Å². The Bertz CT molecular complexity index is 620. The summed E-state index contributed by atoms with van der Waals surface area (Å²) >= 11 is 0. The number of nitrogens with one attached hydrogen (secondary N) is 1. The lowest BCUT2D eigenvalue weighted by molar-refractivity contribution is -0.118. The number of nitrogens with zero attached hydrogens (tertiary/aromatic N) is 1. The van der Waals surface area contributed by atoms with Crippen molar-refractivity contribution in [1.29, 1.82) is 0 Å². The van der Waals surface area contributed by atoms with E-state index in [0.717, 1.165) is 0 Å². The third kappa shape index (κ3) is 3.21. The van der Waals surface area contributed by atoms with Gasteiger partial charge in [-0.2, -0.15) is 4.98 Å². The molecule has 0 unspecified atom stereocenters. The normalized spacial score (nSPS) is 10.5. The van der Waals surface area contributed by atoms with Crippen LogP contribution < -0.4 is 11.1 Å². The zero-order chi connectivity index (χ0) is 13.8. The molecule has 0 saturated carbocycles. The molecular formula is C12H13N3O4. The second-order valence-corrected chi connectivity index (χ2v) is 4.00. The van der Waals surface area contributed by atoms with Gasteiger partial charge in [0.2, 0.25) is 5.91 Å². The number of carbonyl (C=O) groups is 2. The van der Waals surface area contributed by atoms with E-state index in [1.54, 1.807) is 6.07 Å². The summed E-state index contributed by atoms with van der Waals surface area (Å²) in [5.74, 6) is -1.38. The lowest BCUT2D eigenvalue weighted by Gasteiger charge is -1.98. The van der Waals surface area contributed by atoms with Gasteiger partial charge in [0.15, 0.2) is 5.58 Å². The molecule has 1 aromatic carbocycles. The molecule has 0 aliphatic rings. The van der Waals surface area contributed by atoms with Gasteiger partial charge in [-0.25, -0.2) is 4.79 Å².